The van der Waals surface area contributed by atoms with Crippen molar-refractivity contribution in [3.63, 3.8) is 0 Å². The third-order valence-corrected chi connectivity index (χ3v) is 6.64. The van der Waals surface area contributed by atoms with Gasteiger partial charge in [0.05, 0.1) is 16.4 Å². The van der Waals surface area contributed by atoms with E-state index in [1.807, 2.05) is 6.92 Å². The lowest BCUT2D eigenvalue weighted by molar-refractivity contribution is -0.275. The SMILES string of the molecule is CC1CC1.CCc1cc(C2(C(F)(F)F)CC(c3ccc(Cl)c(NNC=O)c3)=NO2)cc(Cl)c1C. The number of carbonyl (C=O) groups excluding carboxylic acids is 1. The monoisotopic (exact) mass is 515 g/mol. The first-order chi connectivity index (χ1) is 16.0. The van der Waals surface area contributed by atoms with Crippen LogP contribution < -0.4 is 10.9 Å². The molecule has 184 valence electrons. The minimum absolute atomic E-state index is 0.0906. The Kier molecular flexibility index (Phi) is 8.03. The molecule has 1 aliphatic carbocycles. The molecule has 0 spiro atoms. The van der Waals surface area contributed by atoms with Gasteiger partial charge < -0.3 is 4.84 Å². The van der Waals surface area contributed by atoms with Gasteiger partial charge in [-0.25, -0.2) is 0 Å². The number of rotatable bonds is 6. The van der Waals surface area contributed by atoms with Gasteiger partial charge in [0.1, 0.15) is 0 Å². The molecule has 0 saturated heterocycles. The maximum Gasteiger partial charge on any atom is 0.435 e. The molecule has 1 amide bonds. The van der Waals surface area contributed by atoms with Gasteiger partial charge in [-0.2, -0.15) is 13.2 Å². The van der Waals surface area contributed by atoms with E-state index < -0.39 is 18.2 Å². The Bertz CT molecular complexity index is 1090. The van der Waals surface area contributed by atoms with Crippen LogP contribution in [-0.4, -0.2) is 18.3 Å². The van der Waals surface area contributed by atoms with E-state index in [0.29, 0.717) is 29.6 Å². The molecule has 1 fully saturated rings. The lowest BCUT2D eigenvalue weighted by atomic mass is 9.84. The second-order valence-electron chi connectivity index (χ2n) is 8.49. The summed E-state index contributed by atoms with van der Waals surface area (Å²) >= 11 is 12.3. The van der Waals surface area contributed by atoms with E-state index in [9.17, 15) is 18.0 Å². The van der Waals surface area contributed by atoms with E-state index in [1.165, 1.54) is 43.2 Å². The Labute approximate surface area is 206 Å². The lowest BCUT2D eigenvalue weighted by Crippen LogP contribution is -2.42. The van der Waals surface area contributed by atoms with Crippen molar-refractivity contribution in [2.24, 2.45) is 11.1 Å². The Hall–Kier alpha value is -2.45. The molecule has 0 aromatic heterocycles. The molecule has 4 rings (SSSR count). The zero-order valence-corrected chi connectivity index (χ0v) is 20.5. The van der Waals surface area contributed by atoms with Gasteiger partial charge in [0, 0.05) is 22.6 Å². The molecule has 1 saturated carbocycles. The van der Waals surface area contributed by atoms with Gasteiger partial charge in [0.15, 0.2) is 0 Å². The smallest absolute Gasteiger partial charge is 0.374 e. The summed E-state index contributed by atoms with van der Waals surface area (Å²) in [5.41, 5.74) is 4.23. The summed E-state index contributed by atoms with van der Waals surface area (Å²) in [6, 6.07) is 7.25. The van der Waals surface area contributed by atoms with E-state index in [-0.39, 0.29) is 21.3 Å². The van der Waals surface area contributed by atoms with E-state index >= 15 is 0 Å². The number of hydrazine groups is 1. The maximum absolute atomic E-state index is 14.2. The molecule has 0 bridgehead atoms. The van der Waals surface area contributed by atoms with Crippen molar-refractivity contribution in [2.75, 3.05) is 5.43 Å². The first-order valence-corrected chi connectivity index (χ1v) is 11.6. The fourth-order valence-electron chi connectivity index (χ4n) is 3.47. The molecule has 1 heterocycles. The summed E-state index contributed by atoms with van der Waals surface area (Å²) in [5.74, 6) is 1.08. The van der Waals surface area contributed by atoms with Crippen molar-refractivity contribution in [2.45, 2.75) is 58.2 Å². The second-order valence-corrected chi connectivity index (χ2v) is 9.31. The van der Waals surface area contributed by atoms with Crippen molar-refractivity contribution < 1.29 is 22.8 Å². The molecule has 0 radical (unpaired) electrons. The molecule has 2 N–H and O–H groups in total. The van der Waals surface area contributed by atoms with Crippen LogP contribution in [0.25, 0.3) is 0 Å². The molecule has 1 unspecified atom stereocenters. The van der Waals surface area contributed by atoms with Gasteiger partial charge >= 0.3 is 6.18 Å². The van der Waals surface area contributed by atoms with Crippen LogP contribution in [0.15, 0.2) is 35.5 Å². The highest BCUT2D eigenvalue weighted by Crippen LogP contribution is 2.50. The number of halogens is 5. The van der Waals surface area contributed by atoms with Crippen molar-refractivity contribution >= 4 is 41.0 Å². The zero-order valence-electron chi connectivity index (χ0n) is 19.0. The number of anilines is 1. The van der Waals surface area contributed by atoms with E-state index in [0.717, 1.165) is 11.5 Å². The largest absolute Gasteiger partial charge is 0.435 e. The predicted octanol–water partition coefficient (Wildman–Crippen LogP) is 6.94. The number of nitrogens with zero attached hydrogens (tertiary/aromatic N) is 1. The molecule has 5 nitrogen and oxygen atoms in total. The van der Waals surface area contributed by atoms with Gasteiger partial charge in [-0.05, 0) is 48.6 Å². The molecule has 1 atom stereocenters. The summed E-state index contributed by atoms with van der Waals surface area (Å²) in [6.07, 6.45) is -1.38. The summed E-state index contributed by atoms with van der Waals surface area (Å²) < 4.78 is 42.7. The number of benzene rings is 2. The van der Waals surface area contributed by atoms with Gasteiger partial charge in [-0.15, -0.1) is 0 Å². The standard InChI is InChI=1S/C20H18Cl2F3N3O2.C4H8/c1-3-12-6-14(8-16(22)11(12)2)19(20(23,24)25)9-18(28-30-19)13-4-5-15(21)17(7-13)27-26-10-29;1-4-2-3-4/h4-8,10,27H,3,9H2,1-2H3,(H,26,29);4H,2-3H2,1H3. The number of nitrogens with one attached hydrogen (secondary N) is 2. The Morgan fingerprint density at radius 2 is 1.88 bits per heavy atom. The van der Waals surface area contributed by atoms with E-state index in [2.05, 4.69) is 22.9 Å². The van der Waals surface area contributed by atoms with Crippen LogP contribution >= 0.6 is 23.2 Å². The summed E-state index contributed by atoms with van der Waals surface area (Å²) in [6.45, 7) is 5.88. The van der Waals surface area contributed by atoms with Crippen molar-refractivity contribution in [3.05, 3.63) is 62.6 Å². The second kappa shape index (κ2) is 10.4. The quantitative estimate of drug-likeness (QED) is 0.323. The van der Waals surface area contributed by atoms with Crippen molar-refractivity contribution in [1.82, 2.24) is 5.43 Å². The minimum Gasteiger partial charge on any atom is -0.374 e. The highest BCUT2D eigenvalue weighted by molar-refractivity contribution is 6.33. The van der Waals surface area contributed by atoms with E-state index in [4.69, 9.17) is 28.0 Å². The topological polar surface area (TPSA) is 62.7 Å². The van der Waals surface area contributed by atoms with Gasteiger partial charge in [0.2, 0.25) is 6.41 Å². The van der Waals surface area contributed by atoms with Crippen LogP contribution in [0.2, 0.25) is 10.0 Å². The van der Waals surface area contributed by atoms with Crippen LogP contribution in [0.4, 0.5) is 18.9 Å². The molecule has 2 aromatic carbocycles. The highest BCUT2D eigenvalue weighted by Gasteiger charge is 2.62. The molecule has 1 aliphatic heterocycles. The Morgan fingerprint density at radius 3 is 2.44 bits per heavy atom. The van der Waals surface area contributed by atoms with Gasteiger partial charge in [-0.3, -0.25) is 15.6 Å². The molecule has 34 heavy (non-hydrogen) atoms. The fraction of sp³-hybridized carbons (Fsp3) is 0.417. The number of amides is 1. The average Bonchev–Trinajstić information content (AvgIpc) is 3.43. The Balaban J connectivity index is 0.000000732. The molecule has 10 heteroatoms. The van der Waals surface area contributed by atoms with Gasteiger partial charge in [-0.1, -0.05) is 67.2 Å². The van der Waals surface area contributed by atoms with Crippen LogP contribution in [0.1, 0.15) is 55.4 Å². The van der Waals surface area contributed by atoms with Gasteiger partial charge in [0.25, 0.3) is 5.60 Å². The van der Waals surface area contributed by atoms with Crippen LogP contribution in [0.5, 0.6) is 0 Å². The number of alkyl halides is 3. The maximum atomic E-state index is 14.2. The predicted molar refractivity (Wildman–Crippen MR) is 128 cm³/mol. The number of oxime groups is 1. The third kappa shape index (κ3) is 5.61. The fourth-order valence-corrected chi connectivity index (χ4v) is 3.87. The zero-order chi connectivity index (χ0) is 25.1. The van der Waals surface area contributed by atoms with Crippen molar-refractivity contribution in [1.29, 1.82) is 0 Å². The molecule has 2 aromatic rings. The van der Waals surface area contributed by atoms with Crippen LogP contribution in [0.3, 0.4) is 0 Å². The molecular weight excluding hydrogens is 490 g/mol. The highest BCUT2D eigenvalue weighted by atomic mass is 35.5. The number of hydrogen-bond donors (Lipinski definition) is 2. The normalized spacial score (nSPS) is 19.5. The Morgan fingerprint density at radius 1 is 1.21 bits per heavy atom. The number of hydrogen-bond acceptors (Lipinski definition) is 4. The third-order valence-electron chi connectivity index (χ3n) is 5.92. The summed E-state index contributed by atoms with van der Waals surface area (Å²) in [5, 5.41) is 4.26. The van der Waals surface area contributed by atoms with Crippen LogP contribution in [-0.2, 0) is 21.7 Å². The number of carbonyl (C=O) groups is 1. The molecular formula is C24H26Cl2F3N3O2. The summed E-state index contributed by atoms with van der Waals surface area (Å²) in [4.78, 5) is 15.6. The first kappa shape index (κ1) is 26.2. The minimum atomic E-state index is -4.74. The van der Waals surface area contributed by atoms with Crippen molar-refractivity contribution in [3.8, 4) is 0 Å². The number of aryl methyl sites for hydroxylation is 1. The summed E-state index contributed by atoms with van der Waals surface area (Å²) in [7, 11) is 0. The first-order valence-electron chi connectivity index (χ1n) is 10.9. The van der Waals surface area contributed by atoms with E-state index in [1.54, 1.807) is 6.92 Å². The average molecular weight is 516 g/mol. The molecule has 2 aliphatic rings. The van der Waals surface area contributed by atoms with Crippen LogP contribution in [0, 0.1) is 12.8 Å². The lowest BCUT2D eigenvalue weighted by Gasteiger charge is -2.30.